The van der Waals surface area contributed by atoms with Gasteiger partial charge in [0.1, 0.15) is 6.33 Å². The van der Waals surface area contributed by atoms with Gasteiger partial charge in [0, 0.05) is 25.5 Å². The summed E-state index contributed by atoms with van der Waals surface area (Å²) in [5.41, 5.74) is 2.74. The van der Waals surface area contributed by atoms with E-state index < -0.39 is 0 Å². The first-order valence-electron chi connectivity index (χ1n) is 6.69. The normalized spacial score (nSPS) is 18.5. The van der Waals surface area contributed by atoms with Crippen LogP contribution in [-0.2, 0) is 4.79 Å². The molecular formula is C12H15N7OS. The second-order valence-corrected chi connectivity index (χ2v) is 5.23. The van der Waals surface area contributed by atoms with Crippen molar-refractivity contribution in [1.82, 2.24) is 24.8 Å². The second-order valence-electron chi connectivity index (χ2n) is 4.84. The fraction of sp³-hybridized carbons (Fsp3) is 0.417. The molecule has 1 aliphatic rings. The number of carbonyl (C=O) groups is 1. The fourth-order valence-corrected chi connectivity index (χ4v) is 2.51. The SMILES string of the molecule is O=C(Nn1cn[nH]c1=S)C1CCCN(c2ncccn2)C1. The summed E-state index contributed by atoms with van der Waals surface area (Å²) in [6, 6.07) is 1.78. The minimum absolute atomic E-state index is 0.0758. The van der Waals surface area contributed by atoms with Crippen LogP contribution in [0.4, 0.5) is 5.95 Å². The van der Waals surface area contributed by atoms with E-state index in [9.17, 15) is 4.79 Å². The minimum Gasteiger partial charge on any atom is -0.340 e. The van der Waals surface area contributed by atoms with Crippen LogP contribution in [0.15, 0.2) is 24.8 Å². The van der Waals surface area contributed by atoms with E-state index >= 15 is 0 Å². The second kappa shape index (κ2) is 6.00. The van der Waals surface area contributed by atoms with Gasteiger partial charge in [0.15, 0.2) is 0 Å². The molecule has 2 aromatic heterocycles. The lowest BCUT2D eigenvalue weighted by Gasteiger charge is -2.31. The standard InChI is InChI=1S/C12H15N7OS/c20-10(17-19-8-15-16-12(19)21)9-3-1-6-18(7-9)11-13-4-2-5-14-11/h2,4-5,8-9H,1,3,6-7H2,(H,16,21)(H,17,20). The molecule has 0 bridgehead atoms. The zero-order valence-electron chi connectivity index (χ0n) is 11.3. The smallest absolute Gasteiger partial charge is 0.243 e. The summed E-state index contributed by atoms with van der Waals surface area (Å²) in [6.07, 6.45) is 6.61. The molecule has 1 atom stereocenters. The van der Waals surface area contributed by atoms with Gasteiger partial charge in [0.2, 0.25) is 16.6 Å². The number of amides is 1. The first-order valence-corrected chi connectivity index (χ1v) is 7.10. The molecule has 2 aromatic rings. The van der Waals surface area contributed by atoms with Crippen LogP contribution in [0.5, 0.6) is 0 Å². The number of carbonyl (C=O) groups excluding carboxylic acids is 1. The van der Waals surface area contributed by atoms with E-state index in [0.717, 1.165) is 19.4 Å². The van der Waals surface area contributed by atoms with Crippen LogP contribution in [0.2, 0.25) is 0 Å². The van der Waals surface area contributed by atoms with E-state index in [1.807, 2.05) is 4.90 Å². The van der Waals surface area contributed by atoms with Crippen molar-refractivity contribution in [3.05, 3.63) is 29.6 Å². The number of anilines is 1. The molecule has 0 aromatic carbocycles. The Morgan fingerprint density at radius 2 is 2.24 bits per heavy atom. The molecule has 1 fully saturated rings. The summed E-state index contributed by atoms with van der Waals surface area (Å²) >= 11 is 5.00. The van der Waals surface area contributed by atoms with Gasteiger partial charge in [-0.05, 0) is 31.1 Å². The Hall–Kier alpha value is -2.29. The Bertz CT molecular complexity index is 668. The van der Waals surface area contributed by atoms with Gasteiger partial charge in [-0.3, -0.25) is 15.3 Å². The highest BCUT2D eigenvalue weighted by molar-refractivity contribution is 7.71. The number of hydrogen-bond acceptors (Lipinski definition) is 6. The first kappa shape index (κ1) is 13.7. The highest BCUT2D eigenvalue weighted by atomic mass is 32.1. The summed E-state index contributed by atoms with van der Waals surface area (Å²) in [5, 5.41) is 6.37. The average molecular weight is 305 g/mol. The van der Waals surface area contributed by atoms with Gasteiger partial charge in [0.25, 0.3) is 0 Å². The van der Waals surface area contributed by atoms with E-state index in [2.05, 4.69) is 25.6 Å². The quantitative estimate of drug-likeness (QED) is 0.812. The lowest BCUT2D eigenvalue weighted by Crippen LogP contribution is -2.43. The van der Waals surface area contributed by atoms with E-state index in [4.69, 9.17) is 12.2 Å². The molecule has 8 nitrogen and oxygen atoms in total. The molecule has 1 aliphatic heterocycles. The average Bonchev–Trinajstić information content (AvgIpc) is 2.93. The molecule has 3 rings (SSSR count). The number of hydrogen-bond donors (Lipinski definition) is 2. The van der Waals surface area contributed by atoms with Gasteiger partial charge in [-0.25, -0.2) is 14.6 Å². The zero-order valence-corrected chi connectivity index (χ0v) is 12.1. The molecule has 21 heavy (non-hydrogen) atoms. The summed E-state index contributed by atoms with van der Waals surface area (Å²) < 4.78 is 1.78. The van der Waals surface area contributed by atoms with Gasteiger partial charge in [-0.2, -0.15) is 5.10 Å². The molecule has 2 N–H and O–H groups in total. The Balaban J connectivity index is 1.67. The van der Waals surface area contributed by atoms with E-state index in [0.29, 0.717) is 17.3 Å². The van der Waals surface area contributed by atoms with Crippen LogP contribution in [0, 0.1) is 10.7 Å². The highest BCUT2D eigenvalue weighted by Gasteiger charge is 2.27. The van der Waals surface area contributed by atoms with Crippen molar-refractivity contribution < 1.29 is 4.79 Å². The summed E-state index contributed by atoms with van der Waals surface area (Å²) in [4.78, 5) is 22.8. The summed E-state index contributed by atoms with van der Waals surface area (Å²) in [6.45, 7) is 1.46. The maximum Gasteiger partial charge on any atom is 0.243 e. The van der Waals surface area contributed by atoms with E-state index in [1.54, 1.807) is 18.5 Å². The third-order valence-electron chi connectivity index (χ3n) is 3.41. The molecule has 3 heterocycles. The molecule has 110 valence electrons. The molecule has 0 saturated carbocycles. The van der Waals surface area contributed by atoms with Crippen molar-refractivity contribution in [2.24, 2.45) is 5.92 Å². The maximum absolute atomic E-state index is 12.3. The van der Waals surface area contributed by atoms with Crippen LogP contribution >= 0.6 is 12.2 Å². The monoisotopic (exact) mass is 305 g/mol. The minimum atomic E-state index is -0.126. The van der Waals surface area contributed by atoms with Crippen LogP contribution in [0.3, 0.4) is 0 Å². The van der Waals surface area contributed by atoms with Crippen molar-refractivity contribution in [3.8, 4) is 0 Å². The number of nitrogens with zero attached hydrogens (tertiary/aromatic N) is 5. The van der Waals surface area contributed by atoms with Gasteiger partial charge >= 0.3 is 0 Å². The van der Waals surface area contributed by atoms with Gasteiger partial charge < -0.3 is 4.90 Å². The number of rotatable bonds is 3. The molecule has 1 unspecified atom stereocenters. The molecule has 1 saturated heterocycles. The predicted octanol–water partition coefficient (Wildman–Crippen LogP) is 0.717. The van der Waals surface area contributed by atoms with Crippen LogP contribution in [-0.4, -0.2) is 43.8 Å². The van der Waals surface area contributed by atoms with Crippen molar-refractivity contribution in [2.45, 2.75) is 12.8 Å². The van der Waals surface area contributed by atoms with E-state index in [-0.39, 0.29) is 11.8 Å². The molecular weight excluding hydrogens is 290 g/mol. The third kappa shape index (κ3) is 3.07. The Morgan fingerprint density at radius 1 is 1.43 bits per heavy atom. The predicted molar refractivity (Wildman–Crippen MR) is 78.7 cm³/mol. The van der Waals surface area contributed by atoms with Crippen LogP contribution in [0.25, 0.3) is 0 Å². The number of aromatic amines is 1. The number of aromatic nitrogens is 5. The summed E-state index contributed by atoms with van der Waals surface area (Å²) in [7, 11) is 0. The summed E-state index contributed by atoms with van der Waals surface area (Å²) in [5.74, 6) is 0.461. The fourth-order valence-electron chi connectivity index (χ4n) is 2.37. The highest BCUT2D eigenvalue weighted by Crippen LogP contribution is 2.20. The van der Waals surface area contributed by atoms with Crippen molar-refractivity contribution >= 4 is 24.1 Å². The van der Waals surface area contributed by atoms with Gasteiger partial charge in [0.05, 0.1) is 5.92 Å². The number of nitrogens with one attached hydrogen (secondary N) is 2. The van der Waals surface area contributed by atoms with Crippen LogP contribution in [0.1, 0.15) is 12.8 Å². The van der Waals surface area contributed by atoms with Crippen molar-refractivity contribution in [3.63, 3.8) is 0 Å². The lowest BCUT2D eigenvalue weighted by atomic mass is 9.98. The first-order chi connectivity index (χ1) is 10.2. The van der Waals surface area contributed by atoms with Gasteiger partial charge in [-0.1, -0.05) is 0 Å². The molecule has 1 amide bonds. The lowest BCUT2D eigenvalue weighted by molar-refractivity contribution is -0.121. The maximum atomic E-state index is 12.3. The molecule has 0 spiro atoms. The number of piperidine rings is 1. The molecule has 9 heteroatoms. The van der Waals surface area contributed by atoms with Crippen molar-refractivity contribution in [2.75, 3.05) is 23.4 Å². The van der Waals surface area contributed by atoms with Crippen molar-refractivity contribution in [1.29, 1.82) is 0 Å². The Morgan fingerprint density at radius 3 is 2.95 bits per heavy atom. The topological polar surface area (TPSA) is 91.7 Å². The molecule has 0 aliphatic carbocycles. The Labute approximate surface area is 126 Å². The largest absolute Gasteiger partial charge is 0.340 e. The zero-order chi connectivity index (χ0) is 14.7. The molecule has 0 radical (unpaired) electrons. The third-order valence-corrected chi connectivity index (χ3v) is 3.70. The Kier molecular flexibility index (Phi) is 3.91. The van der Waals surface area contributed by atoms with Gasteiger partial charge in [-0.15, -0.1) is 0 Å². The number of H-pyrrole nitrogens is 1. The van der Waals surface area contributed by atoms with Crippen LogP contribution < -0.4 is 10.3 Å². The van der Waals surface area contributed by atoms with E-state index in [1.165, 1.54) is 11.0 Å².